The van der Waals surface area contributed by atoms with Gasteiger partial charge in [0.05, 0.1) is 12.4 Å². The normalized spacial score (nSPS) is 12.0. The molecule has 3 rings (SSSR count). The highest BCUT2D eigenvalue weighted by Crippen LogP contribution is 2.34. The summed E-state index contributed by atoms with van der Waals surface area (Å²) in [6.07, 6.45) is 3.69. The number of hydrogen-bond donors (Lipinski definition) is 2. The maximum absolute atomic E-state index is 11.9. The fourth-order valence-corrected chi connectivity index (χ4v) is 2.14. The molecule has 0 saturated carbocycles. The number of hydrogen-bond acceptors (Lipinski definition) is 7. The Balaban J connectivity index is 1.57. The van der Waals surface area contributed by atoms with E-state index in [1.165, 1.54) is 12.4 Å². The molecule has 24 heavy (non-hydrogen) atoms. The van der Waals surface area contributed by atoms with Gasteiger partial charge in [-0.3, -0.25) is 4.79 Å². The maximum Gasteiger partial charge on any atom is 0.271 e. The molecule has 1 aromatic heterocycles. The predicted molar refractivity (Wildman–Crippen MR) is 86.7 cm³/mol. The zero-order valence-corrected chi connectivity index (χ0v) is 13.2. The number of amides is 1. The van der Waals surface area contributed by atoms with Gasteiger partial charge >= 0.3 is 0 Å². The molecule has 1 amide bonds. The lowest BCUT2D eigenvalue weighted by Gasteiger charge is -2.07. The average molecular weight is 330 g/mol. The molecule has 8 heteroatoms. The van der Waals surface area contributed by atoms with Crippen molar-refractivity contribution in [1.82, 2.24) is 15.3 Å². The lowest BCUT2D eigenvalue weighted by Crippen LogP contribution is -2.26. The largest absolute Gasteiger partial charge is 0.454 e. The summed E-state index contributed by atoms with van der Waals surface area (Å²) in [5, 5.41) is 5.86. The van der Waals surface area contributed by atoms with E-state index in [2.05, 4.69) is 20.6 Å². The molecule has 8 nitrogen and oxygen atoms in total. The Morgan fingerprint density at radius 1 is 1.25 bits per heavy atom. The number of methoxy groups -OCH3 is 1. The molecule has 0 atom stereocenters. The molecular weight excluding hydrogens is 312 g/mol. The van der Waals surface area contributed by atoms with Crippen LogP contribution < -0.4 is 20.1 Å². The second-order valence-electron chi connectivity index (χ2n) is 5.08. The van der Waals surface area contributed by atoms with Crippen molar-refractivity contribution in [2.45, 2.75) is 6.42 Å². The topological polar surface area (TPSA) is 94.6 Å². The van der Waals surface area contributed by atoms with Crippen LogP contribution in [0.5, 0.6) is 11.5 Å². The van der Waals surface area contributed by atoms with Crippen molar-refractivity contribution in [3.8, 4) is 11.5 Å². The molecular formula is C16H18N4O4. The average Bonchev–Trinajstić information content (AvgIpc) is 3.07. The van der Waals surface area contributed by atoms with Crippen LogP contribution >= 0.6 is 0 Å². The number of carbonyl (C=O) groups is 1. The predicted octanol–water partition coefficient (Wildman–Crippen LogP) is 1.72. The number of carbonyl (C=O) groups excluding carboxylic acids is 1. The Morgan fingerprint density at radius 3 is 2.92 bits per heavy atom. The summed E-state index contributed by atoms with van der Waals surface area (Å²) in [5.74, 6) is 1.67. The summed E-state index contributed by atoms with van der Waals surface area (Å²) in [6.45, 7) is 1.36. The lowest BCUT2D eigenvalue weighted by atomic mass is 10.3. The Kier molecular flexibility index (Phi) is 5.07. The van der Waals surface area contributed by atoms with Gasteiger partial charge in [-0.15, -0.1) is 0 Å². The van der Waals surface area contributed by atoms with Gasteiger partial charge in [-0.1, -0.05) is 0 Å². The van der Waals surface area contributed by atoms with E-state index in [1.807, 2.05) is 18.2 Å². The third-order valence-corrected chi connectivity index (χ3v) is 3.34. The minimum atomic E-state index is -0.256. The molecule has 0 unspecified atom stereocenters. The lowest BCUT2D eigenvalue weighted by molar-refractivity contribution is 0.0943. The summed E-state index contributed by atoms with van der Waals surface area (Å²) in [7, 11) is 1.62. The van der Waals surface area contributed by atoms with Crippen molar-refractivity contribution in [2.24, 2.45) is 0 Å². The quantitative estimate of drug-likeness (QED) is 0.746. The first-order valence-corrected chi connectivity index (χ1v) is 7.52. The molecule has 1 aromatic carbocycles. The molecule has 0 bridgehead atoms. The smallest absolute Gasteiger partial charge is 0.271 e. The molecule has 2 N–H and O–H groups in total. The molecule has 1 aliphatic rings. The fraction of sp³-hybridized carbons (Fsp3) is 0.312. The van der Waals surface area contributed by atoms with Crippen LogP contribution in [0.4, 0.5) is 11.5 Å². The SMILES string of the molecule is COCCCNC(=O)c1cnc(Nc2ccc3c(c2)OCO3)cn1. The number of fused-ring (bicyclic) bond motifs is 1. The number of anilines is 2. The van der Waals surface area contributed by atoms with E-state index in [0.29, 0.717) is 30.5 Å². The van der Waals surface area contributed by atoms with Crippen molar-refractivity contribution in [1.29, 1.82) is 0 Å². The van der Waals surface area contributed by atoms with Gasteiger partial charge in [0.2, 0.25) is 6.79 Å². The van der Waals surface area contributed by atoms with Gasteiger partial charge in [-0.2, -0.15) is 0 Å². The van der Waals surface area contributed by atoms with Gasteiger partial charge in [0.15, 0.2) is 11.5 Å². The number of nitrogens with one attached hydrogen (secondary N) is 2. The summed E-state index contributed by atoms with van der Waals surface area (Å²) >= 11 is 0. The van der Waals surface area contributed by atoms with Gasteiger partial charge in [-0.05, 0) is 18.6 Å². The van der Waals surface area contributed by atoms with Gasteiger partial charge in [0.1, 0.15) is 11.5 Å². The minimum absolute atomic E-state index is 0.229. The maximum atomic E-state index is 11.9. The highest BCUT2D eigenvalue weighted by Gasteiger charge is 2.13. The Labute approximate surface area is 139 Å². The third-order valence-electron chi connectivity index (χ3n) is 3.34. The van der Waals surface area contributed by atoms with E-state index in [4.69, 9.17) is 14.2 Å². The fourth-order valence-electron chi connectivity index (χ4n) is 2.14. The number of benzene rings is 1. The van der Waals surface area contributed by atoms with Crippen molar-refractivity contribution in [3.63, 3.8) is 0 Å². The number of rotatable bonds is 7. The van der Waals surface area contributed by atoms with E-state index in [9.17, 15) is 4.79 Å². The van der Waals surface area contributed by atoms with Gasteiger partial charge < -0.3 is 24.8 Å². The van der Waals surface area contributed by atoms with Crippen LogP contribution in [0.25, 0.3) is 0 Å². The Bertz CT molecular complexity index is 706. The van der Waals surface area contributed by atoms with Gasteiger partial charge in [0, 0.05) is 32.0 Å². The van der Waals surface area contributed by atoms with Gasteiger partial charge in [-0.25, -0.2) is 9.97 Å². The number of aromatic nitrogens is 2. The third kappa shape index (κ3) is 3.90. The van der Waals surface area contributed by atoms with Crippen LogP contribution in [-0.4, -0.2) is 42.9 Å². The molecule has 1 aliphatic heterocycles. The molecule has 0 fully saturated rings. The molecule has 2 aromatic rings. The van der Waals surface area contributed by atoms with Crippen LogP contribution in [0.1, 0.15) is 16.9 Å². The first-order chi connectivity index (χ1) is 11.8. The first kappa shape index (κ1) is 16.0. The zero-order valence-electron chi connectivity index (χ0n) is 13.2. The number of ether oxygens (including phenoxy) is 3. The molecule has 126 valence electrons. The van der Waals surface area contributed by atoms with Crippen LogP contribution in [-0.2, 0) is 4.74 Å². The van der Waals surface area contributed by atoms with E-state index >= 15 is 0 Å². The molecule has 0 spiro atoms. The van der Waals surface area contributed by atoms with Gasteiger partial charge in [0.25, 0.3) is 5.91 Å². The number of nitrogens with zero attached hydrogens (tertiary/aromatic N) is 2. The monoisotopic (exact) mass is 330 g/mol. The van der Waals surface area contributed by atoms with Crippen LogP contribution in [0.15, 0.2) is 30.6 Å². The highest BCUT2D eigenvalue weighted by atomic mass is 16.7. The molecule has 0 aliphatic carbocycles. The summed E-state index contributed by atoms with van der Waals surface area (Å²) in [5.41, 5.74) is 1.06. The van der Waals surface area contributed by atoms with Crippen molar-refractivity contribution in [3.05, 3.63) is 36.3 Å². The summed E-state index contributed by atoms with van der Waals surface area (Å²) < 4.78 is 15.5. The Hall–Kier alpha value is -2.87. The van der Waals surface area contributed by atoms with Crippen LogP contribution in [0.3, 0.4) is 0 Å². The van der Waals surface area contributed by atoms with Crippen LogP contribution in [0, 0.1) is 0 Å². The highest BCUT2D eigenvalue weighted by molar-refractivity contribution is 5.92. The standard InChI is InChI=1S/C16H18N4O4/c1-22-6-2-5-17-16(21)12-8-19-15(9-18-12)20-11-3-4-13-14(7-11)24-10-23-13/h3-4,7-9H,2,5-6,10H2,1H3,(H,17,21)(H,19,20). The summed E-state index contributed by atoms with van der Waals surface area (Å²) in [4.78, 5) is 20.2. The van der Waals surface area contributed by atoms with Crippen LogP contribution in [0.2, 0.25) is 0 Å². The Morgan fingerprint density at radius 2 is 2.12 bits per heavy atom. The van der Waals surface area contributed by atoms with E-state index in [1.54, 1.807) is 7.11 Å². The summed E-state index contributed by atoms with van der Waals surface area (Å²) in [6, 6.07) is 5.49. The second kappa shape index (κ2) is 7.60. The van der Waals surface area contributed by atoms with E-state index in [-0.39, 0.29) is 18.4 Å². The minimum Gasteiger partial charge on any atom is -0.454 e. The van der Waals surface area contributed by atoms with E-state index < -0.39 is 0 Å². The molecule has 2 heterocycles. The first-order valence-electron chi connectivity index (χ1n) is 7.52. The second-order valence-corrected chi connectivity index (χ2v) is 5.08. The van der Waals surface area contributed by atoms with Crippen molar-refractivity contribution < 1.29 is 19.0 Å². The molecule has 0 radical (unpaired) electrons. The van der Waals surface area contributed by atoms with Crippen molar-refractivity contribution in [2.75, 3.05) is 32.4 Å². The zero-order chi connectivity index (χ0) is 16.8. The molecule has 0 saturated heterocycles. The van der Waals surface area contributed by atoms with E-state index in [0.717, 1.165) is 12.1 Å². The van der Waals surface area contributed by atoms with Crippen molar-refractivity contribution >= 4 is 17.4 Å².